The molecule has 1 aliphatic heterocycles. The van der Waals surface area contributed by atoms with E-state index < -0.39 is 0 Å². The van der Waals surface area contributed by atoms with Gasteiger partial charge in [-0.25, -0.2) is 4.39 Å². The molecule has 1 N–H and O–H groups in total. The molecule has 1 atom stereocenters. The van der Waals surface area contributed by atoms with Crippen LogP contribution < -0.4 is 4.84 Å². The van der Waals surface area contributed by atoms with Crippen LogP contribution in [0.25, 0.3) is 21.8 Å². The van der Waals surface area contributed by atoms with Crippen LogP contribution in [0.5, 0.6) is 0 Å². The quantitative estimate of drug-likeness (QED) is 0.488. The molecule has 5 heteroatoms. The summed E-state index contributed by atoms with van der Waals surface area (Å²) in [5.41, 5.74) is 3.37. The number of H-pyrrole nitrogens is 1. The number of fused-ring (bicyclic) bond motifs is 2. The molecule has 1 aliphatic rings. The third-order valence-corrected chi connectivity index (χ3v) is 6.32. The molecule has 4 aromatic rings. The van der Waals surface area contributed by atoms with E-state index >= 15 is 0 Å². The van der Waals surface area contributed by atoms with Crippen molar-refractivity contribution in [3.05, 3.63) is 72.3 Å². The third-order valence-electron chi connectivity index (χ3n) is 6.32. The largest absolute Gasteiger partial charge is 0.410 e. The fraction of sp³-hybridized carbons (Fsp3) is 0.360. The molecule has 2 aromatic heterocycles. The maximum atomic E-state index is 13.6. The van der Waals surface area contributed by atoms with E-state index in [1.165, 1.54) is 29.9 Å². The Balaban J connectivity index is 1.14. The lowest BCUT2D eigenvalue weighted by atomic mass is 9.90. The van der Waals surface area contributed by atoms with E-state index in [1.807, 2.05) is 35.3 Å². The number of nitrogens with zero attached hydrogens (tertiary/aromatic N) is 2. The molecule has 0 spiro atoms. The molecule has 0 radical (unpaired) electrons. The average Bonchev–Trinajstić information content (AvgIpc) is 3.34. The predicted octanol–water partition coefficient (Wildman–Crippen LogP) is 5.03. The molecule has 1 fully saturated rings. The first-order valence-corrected chi connectivity index (χ1v) is 10.9. The highest BCUT2D eigenvalue weighted by Gasteiger charge is 2.22. The van der Waals surface area contributed by atoms with E-state index in [4.69, 9.17) is 4.84 Å². The summed E-state index contributed by atoms with van der Waals surface area (Å²) in [5, 5.41) is 2.22. The van der Waals surface area contributed by atoms with Crippen molar-refractivity contribution in [3.8, 4) is 0 Å². The van der Waals surface area contributed by atoms with E-state index in [-0.39, 0.29) is 11.9 Å². The van der Waals surface area contributed by atoms with Crippen molar-refractivity contribution >= 4 is 21.8 Å². The fourth-order valence-corrected chi connectivity index (χ4v) is 4.74. The van der Waals surface area contributed by atoms with E-state index in [1.54, 1.807) is 6.07 Å². The van der Waals surface area contributed by atoms with Gasteiger partial charge in [0.2, 0.25) is 0 Å². The molecule has 1 saturated heterocycles. The molecule has 0 saturated carbocycles. The number of aromatic amines is 1. The molecule has 0 amide bonds. The minimum atomic E-state index is -0.164. The Morgan fingerprint density at radius 3 is 2.83 bits per heavy atom. The van der Waals surface area contributed by atoms with Crippen molar-refractivity contribution in [3.63, 3.8) is 0 Å². The van der Waals surface area contributed by atoms with Crippen LogP contribution in [-0.2, 0) is 6.42 Å². The van der Waals surface area contributed by atoms with Gasteiger partial charge >= 0.3 is 0 Å². The Labute approximate surface area is 176 Å². The van der Waals surface area contributed by atoms with Gasteiger partial charge in [0.1, 0.15) is 11.9 Å². The second kappa shape index (κ2) is 8.15. The molecule has 2 aromatic carbocycles. The van der Waals surface area contributed by atoms with Gasteiger partial charge in [-0.2, -0.15) is 4.73 Å². The van der Waals surface area contributed by atoms with Gasteiger partial charge < -0.3 is 9.82 Å². The van der Waals surface area contributed by atoms with Crippen LogP contribution >= 0.6 is 0 Å². The predicted molar refractivity (Wildman–Crippen MR) is 119 cm³/mol. The van der Waals surface area contributed by atoms with Gasteiger partial charge in [0, 0.05) is 35.2 Å². The Kier molecular flexibility index (Phi) is 5.21. The van der Waals surface area contributed by atoms with Crippen LogP contribution in [0.15, 0.2) is 60.9 Å². The summed E-state index contributed by atoms with van der Waals surface area (Å²) in [7, 11) is 0. The van der Waals surface area contributed by atoms with Crippen LogP contribution in [0, 0.1) is 11.7 Å². The molecule has 156 valence electrons. The van der Waals surface area contributed by atoms with Crippen LogP contribution in [0.2, 0.25) is 0 Å². The summed E-state index contributed by atoms with van der Waals surface area (Å²) in [4.78, 5) is 12.0. The van der Waals surface area contributed by atoms with Crippen molar-refractivity contribution in [2.45, 2.75) is 32.3 Å². The number of aromatic nitrogens is 2. The van der Waals surface area contributed by atoms with E-state index in [9.17, 15) is 4.39 Å². The summed E-state index contributed by atoms with van der Waals surface area (Å²) < 4.78 is 15.5. The molecule has 5 rings (SSSR count). The SMILES string of the molecule is CC(CN1CCC(Cc2c[nH]c3ccc(F)cc23)CC1)On1ccc2ccccc21. The van der Waals surface area contributed by atoms with E-state index in [0.717, 1.165) is 42.5 Å². The maximum Gasteiger partial charge on any atom is 0.135 e. The Hall–Kier alpha value is -2.79. The maximum absolute atomic E-state index is 13.6. The van der Waals surface area contributed by atoms with Gasteiger partial charge in [-0.1, -0.05) is 18.2 Å². The summed E-state index contributed by atoms with van der Waals surface area (Å²) in [6, 6.07) is 15.4. The van der Waals surface area contributed by atoms with E-state index in [0.29, 0.717) is 5.92 Å². The molecule has 0 aliphatic carbocycles. The zero-order valence-electron chi connectivity index (χ0n) is 17.4. The number of hydrogen-bond donors (Lipinski definition) is 1. The molecule has 1 unspecified atom stereocenters. The van der Waals surface area contributed by atoms with Gasteiger partial charge in [-0.3, -0.25) is 4.90 Å². The Bertz CT molecular complexity index is 1140. The monoisotopic (exact) mass is 405 g/mol. The smallest absolute Gasteiger partial charge is 0.135 e. The van der Waals surface area contributed by atoms with Crippen LogP contribution in [0.1, 0.15) is 25.3 Å². The minimum Gasteiger partial charge on any atom is -0.410 e. The molecular formula is C25H28FN3O. The second-order valence-electron chi connectivity index (χ2n) is 8.57. The summed E-state index contributed by atoms with van der Waals surface area (Å²) in [6.07, 6.45) is 7.51. The number of piperidine rings is 1. The van der Waals surface area contributed by atoms with Crippen molar-refractivity contribution in [2.24, 2.45) is 5.92 Å². The number of nitrogens with one attached hydrogen (secondary N) is 1. The van der Waals surface area contributed by atoms with Crippen LogP contribution in [0.4, 0.5) is 4.39 Å². The summed E-state index contributed by atoms with van der Waals surface area (Å²) >= 11 is 0. The van der Waals surface area contributed by atoms with Crippen molar-refractivity contribution in [2.75, 3.05) is 19.6 Å². The summed E-state index contributed by atoms with van der Waals surface area (Å²) in [5.74, 6) is 0.482. The highest BCUT2D eigenvalue weighted by Crippen LogP contribution is 2.27. The lowest BCUT2D eigenvalue weighted by molar-refractivity contribution is 0.0234. The minimum absolute atomic E-state index is 0.119. The van der Waals surface area contributed by atoms with Gasteiger partial charge in [-0.15, -0.1) is 0 Å². The lowest BCUT2D eigenvalue weighted by Gasteiger charge is -2.33. The fourth-order valence-electron chi connectivity index (χ4n) is 4.74. The number of hydrogen-bond acceptors (Lipinski definition) is 2. The zero-order valence-corrected chi connectivity index (χ0v) is 17.4. The van der Waals surface area contributed by atoms with Gasteiger partial charge in [0.15, 0.2) is 0 Å². The third kappa shape index (κ3) is 3.94. The molecule has 30 heavy (non-hydrogen) atoms. The van der Waals surface area contributed by atoms with E-state index in [2.05, 4.69) is 35.0 Å². The average molecular weight is 406 g/mol. The lowest BCUT2D eigenvalue weighted by Crippen LogP contribution is -2.41. The number of rotatable bonds is 6. The van der Waals surface area contributed by atoms with Gasteiger partial charge in [0.25, 0.3) is 0 Å². The van der Waals surface area contributed by atoms with Gasteiger partial charge in [-0.05, 0) is 81.1 Å². The summed E-state index contributed by atoms with van der Waals surface area (Å²) in [6.45, 7) is 5.24. The topological polar surface area (TPSA) is 33.2 Å². The normalized spacial score (nSPS) is 17.0. The Morgan fingerprint density at radius 2 is 1.97 bits per heavy atom. The number of para-hydroxylation sites is 1. The molecular weight excluding hydrogens is 377 g/mol. The number of benzene rings is 2. The van der Waals surface area contributed by atoms with Gasteiger partial charge in [0.05, 0.1) is 5.52 Å². The first-order chi connectivity index (χ1) is 14.7. The first kappa shape index (κ1) is 19.2. The highest BCUT2D eigenvalue weighted by molar-refractivity contribution is 5.83. The Morgan fingerprint density at radius 1 is 1.13 bits per heavy atom. The van der Waals surface area contributed by atoms with Crippen LogP contribution in [-0.4, -0.2) is 40.4 Å². The standard InChI is InChI=1S/C25H28FN3O/c1-18(30-29-13-10-20-4-2-3-5-25(20)29)17-28-11-8-19(9-12-28)14-21-16-27-24-7-6-22(26)15-23(21)24/h2-7,10,13,15-16,18-19,27H,8-9,11-12,14,17H2,1H3. The number of likely N-dealkylation sites (tertiary alicyclic amines) is 1. The number of halogens is 1. The highest BCUT2D eigenvalue weighted by atomic mass is 19.1. The zero-order chi connectivity index (χ0) is 20.5. The molecule has 0 bridgehead atoms. The molecule has 3 heterocycles. The van der Waals surface area contributed by atoms with Crippen LogP contribution in [0.3, 0.4) is 0 Å². The van der Waals surface area contributed by atoms with Crippen molar-refractivity contribution in [1.29, 1.82) is 0 Å². The first-order valence-electron chi connectivity index (χ1n) is 10.9. The molecule has 4 nitrogen and oxygen atoms in total. The second-order valence-corrected chi connectivity index (χ2v) is 8.57. The van der Waals surface area contributed by atoms with Crippen molar-refractivity contribution < 1.29 is 9.23 Å². The van der Waals surface area contributed by atoms with Crippen molar-refractivity contribution in [1.82, 2.24) is 14.6 Å².